The van der Waals surface area contributed by atoms with Gasteiger partial charge in [-0.25, -0.2) is 28.6 Å². The third-order valence-corrected chi connectivity index (χ3v) is 9.63. The SMILES string of the molecule is C=CCCCCSc1nc(N)c2ncn([C@@H]3O[C@H](COP(=O)(O)OP(=O)(O)OP(=O)(O)O)C(O)C3O)c2n1. The molecule has 6 atom stereocenters. The molecule has 0 radical (unpaired) electrons. The summed E-state index contributed by atoms with van der Waals surface area (Å²) >= 11 is 1.35. The van der Waals surface area contributed by atoms with E-state index < -0.39 is 54.6 Å². The minimum absolute atomic E-state index is 0.0691. The molecule has 4 unspecified atom stereocenters. The third kappa shape index (κ3) is 8.36. The van der Waals surface area contributed by atoms with Crippen LogP contribution in [0.3, 0.4) is 0 Å². The second kappa shape index (κ2) is 12.5. The number of fused-ring (bicyclic) bond motifs is 1. The highest BCUT2D eigenvalue weighted by atomic mass is 32.2. The summed E-state index contributed by atoms with van der Waals surface area (Å²) in [7, 11) is -16.8. The molecule has 2 aromatic rings. The van der Waals surface area contributed by atoms with Crippen LogP contribution in [0, 0.1) is 0 Å². The van der Waals surface area contributed by atoms with Crippen LogP contribution in [0.2, 0.25) is 0 Å². The van der Waals surface area contributed by atoms with Crippen LogP contribution in [-0.2, 0) is 31.6 Å². The number of aliphatic hydroxyl groups is 2. The molecule has 1 aliphatic heterocycles. The van der Waals surface area contributed by atoms with Gasteiger partial charge in [-0.05, 0) is 19.3 Å². The first-order valence-electron chi connectivity index (χ1n) is 10.7. The van der Waals surface area contributed by atoms with Crippen molar-refractivity contribution in [3.8, 4) is 0 Å². The molecular weight excluding hydrogens is 595 g/mol. The lowest BCUT2D eigenvalue weighted by atomic mass is 10.1. The Balaban J connectivity index is 1.70. The molecule has 0 saturated carbocycles. The van der Waals surface area contributed by atoms with Gasteiger partial charge in [0.25, 0.3) is 0 Å². The highest BCUT2D eigenvalue weighted by Crippen LogP contribution is 2.66. The molecule has 38 heavy (non-hydrogen) atoms. The number of aromatic nitrogens is 4. The molecule has 0 aromatic carbocycles. The van der Waals surface area contributed by atoms with Crippen LogP contribution < -0.4 is 5.73 Å². The average Bonchev–Trinajstić information content (AvgIpc) is 3.31. The number of rotatable bonds is 14. The molecule has 8 N–H and O–H groups in total. The fourth-order valence-electron chi connectivity index (χ4n) is 3.29. The molecule has 1 saturated heterocycles. The van der Waals surface area contributed by atoms with Gasteiger partial charge >= 0.3 is 23.5 Å². The molecule has 18 nitrogen and oxygen atoms in total. The summed E-state index contributed by atoms with van der Waals surface area (Å²) in [6, 6.07) is 0. The molecule has 2 aromatic heterocycles. The summed E-state index contributed by atoms with van der Waals surface area (Å²) in [6.07, 6.45) is -0.353. The number of nitrogen functional groups attached to an aromatic ring is 1. The highest BCUT2D eigenvalue weighted by molar-refractivity contribution is 7.99. The quantitative estimate of drug-likeness (QED) is 0.0505. The summed E-state index contributed by atoms with van der Waals surface area (Å²) in [5.74, 6) is 0.774. The summed E-state index contributed by atoms with van der Waals surface area (Å²) < 4.78 is 52.7. The molecule has 3 rings (SSSR count). The molecule has 3 heterocycles. The number of phosphoric ester groups is 1. The highest BCUT2D eigenvalue weighted by Gasteiger charge is 2.47. The zero-order chi connectivity index (χ0) is 28.3. The van der Waals surface area contributed by atoms with E-state index in [1.165, 1.54) is 22.7 Å². The maximum Gasteiger partial charge on any atom is 0.490 e. The van der Waals surface area contributed by atoms with Gasteiger partial charge in [-0.1, -0.05) is 17.8 Å². The fourth-order valence-corrected chi connectivity index (χ4v) is 7.17. The van der Waals surface area contributed by atoms with E-state index in [-0.39, 0.29) is 17.0 Å². The zero-order valence-corrected chi connectivity index (χ0v) is 22.9. The molecule has 214 valence electrons. The first-order valence-corrected chi connectivity index (χ1v) is 16.2. The maximum absolute atomic E-state index is 12.0. The molecule has 1 fully saturated rings. The van der Waals surface area contributed by atoms with Crippen molar-refractivity contribution in [2.45, 2.75) is 49.0 Å². The topological polar surface area (TPSA) is 279 Å². The number of hydrogen-bond acceptors (Lipinski definition) is 14. The minimum Gasteiger partial charge on any atom is -0.387 e. The van der Waals surface area contributed by atoms with Crippen LogP contribution in [-0.4, -0.2) is 80.0 Å². The Kier molecular flexibility index (Phi) is 10.3. The van der Waals surface area contributed by atoms with Gasteiger partial charge in [-0.2, -0.15) is 8.62 Å². The third-order valence-electron chi connectivity index (χ3n) is 4.89. The van der Waals surface area contributed by atoms with Gasteiger partial charge in [0.1, 0.15) is 23.8 Å². The average molecular weight is 621 g/mol. The van der Waals surface area contributed by atoms with Gasteiger partial charge in [0.05, 0.1) is 12.9 Å². The Labute approximate surface area is 219 Å². The predicted octanol–water partition coefficient (Wildman–Crippen LogP) is 0.819. The van der Waals surface area contributed by atoms with Gasteiger partial charge < -0.3 is 40.3 Å². The van der Waals surface area contributed by atoms with Crippen LogP contribution in [0.4, 0.5) is 5.82 Å². The monoisotopic (exact) mass is 621 g/mol. The standard InChI is InChI=1S/C16H26N5O13P3S/c1-2-3-4-5-6-38-16-19-13(17)10-14(20-16)21(8-18-10)15-12(23)11(22)9(32-15)7-31-36(27,28)34-37(29,30)33-35(24,25)26/h2,8-9,11-12,15,22-23H,1,3-7H2,(H,27,28)(H,29,30)(H2,17,19,20)(H2,24,25,26)/t9-,11?,12?,15-/m1/s1. The summed E-state index contributed by atoms with van der Waals surface area (Å²) in [4.78, 5) is 48.7. The molecular formula is C16H26N5O13P3S. The lowest BCUT2D eigenvalue weighted by Gasteiger charge is -2.19. The summed E-state index contributed by atoms with van der Waals surface area (Å²) in [5, 5.41) is 21.3. The van der Waals surface area contributed by atoms with E-state index in [0.29, 0.717) is 10.9 Å². The summed E-state index contributed by atoms with van der Waals surface area (Å²) in [6.45, 7) is 2.70. The predicted molar refractivity (Wildman–Crippen MR) is 130 cm³/mol. The number of hydrogen-bond donors (Lipinski definition) is 7. The van der Waals surface area contributed by atoms with Gasteiger partial charge in [0.15, 0.2) is 22.8 Å². The second-order valence-corrected chi connectivity index (χ2v) is 13.3. The van der Waals surface area contributed by atoms with Gasteiger partial charge in [-0.15, -0.1) is 6.58 Å². The molecule has 22 heteroatoms. The number of ether oxygens (including phenoxy) is 1. The lowest BCUT2D eigenvalue weighted by Crippen LogP contribution is -2.33. The van der Waals surface area contributed by atoms with Gasteiger partial charge in [0.2, 0.25) is 0 Å². The molecule has 0 aliphatic carbocycles. The fraction of sp³-hybridized carbons (Fsp3) is 0.562. The van der Waals surface area contributed by atoms with Crippen LogP contribution in [0.1, 0.15) is 25.5 Å². The molecule has 0 bridgehead atoms. The van der Waals surface area contributed by atoms with Crippen molar-refractivity contribution < 1.29 is 61.4 Å². The van der Waals surface area contributed by atoms with E-state index in [4.69, 9.17) is 20.3 Å². The number of unbranched alkanes of at least 4 members (excludes halogenated alkanes) is 2. The Hall–Kier alpha value is -1.27. The lowest BCUT2D eigenvalue weighted by molar-refractivity contribution is -0.0503. The van der Waals surface area contributed by atoms with Gasteiger partial charge in [0, 0.05) is 5.75 Å². The number of nitrogens with zero attached hydrogens (tertiary/aromatic N) is 4. The van der Waals surface area contributed by atoms with Crippen LogP contribution in [0.15, 0.2) is 24.1 Å². The first kappa shape index (κ1) is 31.3. The molecule has 1 aliphatic rings. The normalized spacial score (nSPS) is 25.3. The number of phosphoric acid groups is 3. The number of anilines is 1. The van der Waals surface area contributed by atoms with Crippen molar-refractivity contribution in [3.05, 3.63) is 19.0 Å². The number of nitrogens with two attached hydrogens (primary N) is 1. The van der Waals surface area contributed by atoms with E-state index in [1.807, 2.05) is 6.08 Å². The van der Waals surface area contributed by atoms with Crippen LogP contribution in [0.5, 0.6) is 0 Å². The Morgan fingerprint density at radius 2 is 1.82 bits per heavy atom. The number of aliphatic hydroxyl groups excluding tert-OH is 2. The Bertz CT molecular complexity index is 1290. The second-order valence-electron chi connectivity index (χ2n) is 7.78. The van der Waals surface area contributed by atoms with Gasteiger partial charge in [-0.3, -0.25) is 9.09 Å². The van der Waals surface area contributed by atoms with Crippen molar-refractivity contribution in [1.29, 1.82) is 0 Å². The largest absolute Gasteiger partial charge is 0.490 e. The Morgan fingerprint density at radius 3 is 2.47 bits per heavy atom. The first-order chi connectivity index (χ1) is 17.6. The zero-order valence-electron chi connectivity index (χ0n) is 19.4. The molecule has 0 amide bonds. The number of imidazole rings is 1. The molecule has 0 spiro atoms. The van der Waals surface area contributed by atoms with Crippen molar-refractivity contribution >= 4 is 52.2 Å². The smallest absolute Gasteiger partial charge is 0.387 e. The van der Waals surface area contributed by atoms with Crippen LogP contribution in [0.25, 0.3) is 11.2 Å². The Morgan fingerprint density at radius 1 is 1.11 bits per heavy atom. The van der Waals surface area contributed by atoms with Crippen LogP contribution >= 0.6 is 35.2 Å². The van der Waals surface area contributed by atoms with E-state index in [2.05, 4.69) is 34.7 Å². The van der Waals surface area contributed by atoms with E-state index in [0.717, 1.165) is 19.3 Å². The number of allylic oxidation sites excluding steroid dienone is 1. The van der Waals surface area contributed by atoms with E-state index in [1.54, 1.807) is 0 Å². The van der Waals surface area contributed by atoms with Crippen molar-refractivity contribution in [2.75, 3.05) is 18.1 Å². The van der Waals surface area contributed by atoms with Crippen molar-refractivity contribution in [3.63, 3.8) is 0 Å². The van der Waals surface area contributed by atoms with E-state index in [9.17, 15) is 33.7 Å². The van der Waals surface area contributed by atoms with Crippen molar-refractivity contribution in [1.82, 2.24) is 19.5 Å². The summed E-state index contributed by atoms with van der Waals surface area (Å²) in [5.41, 5.74) is 6.37. The van der Waals surface area contributed by atoms with Crippen molar-refractivity contribution in [2.24, 2.45) is 0 Å². The number of thioether (sulfide) groups is 1. The maximum atomic E-state index is 12.0. The van der Waals surface area contributed by atoms with E-state index >= 15 is 0 Å². The minimum atomic E-state index is -5.73.